The molecule has 0 atom stereocenters. The Labute approximate surface area is 103 Å². The van der Waals surface area contributed by atoms with E-state index in [1.807, 2.05) is 0 Å². The van der Waals surface area contributed by atoms with Crippen molar-refractivity contribution in [2.45, 2.75) is 5.03 Å². The number of carbonyl (C=O) groups excluding carboxylic acids is 1. The molecule has 1 heterocycles. The summed E-state index contributed by atoms with van der Waals surface area (Å²) < 4.78 is 21.8. The number of rotatable bonds is 5. The third-order valence-electron chi connectivity index (χ3n) is 1.61. The van der Waals surface area contributed by atoms with Gasteiger partial charge in [0, 0.05) is 12.0 Å². The van der Waals surface area contributed by atoms with Gasteiger partial charge in [0.15, 0.2) is 6.29 Å². The third-order valence-corrected chi connectivity index (χ3v) is 4.12. The van der Waals surface area contributed by atoms with E-state index in [1.165, 1.54) is 18.1 Å². The van der Waals surface area contributed by atoms with Crippen molar-refractivity contribution in [3.05, 3.63) is 17.0 Å². The molecule has 0 saturated carbocycles. The van der Waals surface area contributed by atoms with E-state index in [1.54, 1.807) is 0 Å². The maximum Gasteiger partial charge on any atom is 0.155 e. The molecule has 0 aliphatic heterocycles. The largest absolute Gasteiger partial charge is 0.298 e. The van der Waals surface area contributed by atoms with Gasteiger partial charge in [-0.1, -0.05) is 11.6 Å². The highest BCUT2D eigenvalue weighted by molar-refractivity contribution is 8.00. The van der Waals surface area contributed by atoms with Gasteiger partial charge in [-0.05, 0) is 0 Å². The van der Waals surface area contributed by atoms with Gasteiger partial charge in [-0.15, -0.1) is 11.8 Å². The fourth-order valence-corrected chi connectivity index (χ4v) is 3.26. The average molecular weight is 281 g/mol. The quantitative estimate of drug-likeness (QED) is 0.456. The minimum absolute atomic E-state index is 0.0254. The van der Waals surface area contributed by atoms with Crippen molar-refractivity contribution in [1.82, 2.24) is 9.97 Å². The topological polar surface area (TPSA) is 77.0 Å². The molecule has 1 aromatic heterocycles. The summed E-state index contributed by atoms with van der Waals surface area (Å²) in [6, 6.07) is 0. The predicted octanol–water partition coefficient (Wildman–Crippen LogP) is 1.08. The van der Waals surface area contributed by atoms with Crippen molar-refractivity contribution in [3.8, 4) is 0 Å². The highest BCUT2D eigenvalue weighted by Gasteiger charge is 2.10. The van der Waals surface area contributed by atoms with Crippen LogP contribution >= 0.6 is 23.4 Å². The number of hydrogen-bond acceptors (Lipinski definition) is 6. The lowest BCUT2D eigenvalue weighted by Crippen LogP contribution is -2.05. The Morgan fingerprint density at radius 3 is 2.75 bits per heavy atom. The number of aromatic nitrogens is 2. The van der Waals surface area contributed by atoms with Crippen LogP contribution in [0.1, 0.15) is 10.4 Å². The molecular formula is C8H9ClN2O3S2. The molecule has 8 heteroatoms. The van der Waals surface area contributed by atoms with Gasteiger partial charge in [0.05, 0.1) is 11.3 Å². The summed E-state index contributed by atoms with van der Waals surface area (Å²) in [6.45, 7) is 0. The lowest BCUT2D eigenvalue weighted by Gasteiger charge is -2.03. The van der Waals surface area contributed by atoms with E-state index < -0.39 is 9.84 Å². The second kappa shape index (κ2) is 5.60. The summed E-state index contributed by atoms with van der Waals surface area (Å²) in [5.41, 5.74) is 0.197. The van der Waals surface area contributed by atoms with Crippen LogP contribution in [0.5, 0.6) is 0 Å². The Morgan fingerprint density at radius 1 is 1.50 bits per heavy atom. The molecule has 88 valence electrons. The predicted molar refractivity (Wildman–Crippen MR) is 62.9 cm³/mol. The Morgan fingerprint density at radius 2 is 2.19 bits per heavy atom. The SMILES string of the molecule is CS(=O)(=O)CCSc1ncnc(Cl)c1C=O. The van der Waals surface area contributed by atoms with Gasteiger partial charge in [-0.25, -0.2) is 18.4 Å². The van der Waals surface area contributed by atoms with Crippen LogP contribution in [0, 0.1) is 0 Å². The first-order valence-electron chi connectivity index (χ1n) is 4.20. The standard InChI is InChI=1S/C8H9ClN2O3S2/c1-16(13,14)3-2-15-8-6(4-12)7(9)10-5-11-8/h4-5H,2-3H2,1H3. The van der Waals surface area contributed by atoms with E-state index in [0.29, 0.717) is 17.1 Å². The molecular weight excluding hydrogens is 272 g/mol. The van der Waals surface area contributed by atoms with Gasteiger partial charge in [-0.2, -0.15) is 0 Å². The lowest BCUT2D eigenvalue weighted by molar-refractivity contribution is 0.112. The van der Waals surface area contributed by atoms with E-state index in [4.69, 9.17) is 11.6 Å². The summed E-state index contributed by atoms with van der Waals surface area (Å²) in [4.78, 5) is 18.2. The molecule has 0 unspecified atom stereocenters. The lowest BCUT2D eigenvalue weighted by atomic mass is 10.4. The Hall–Kier alpha value is -0.660. The maximum atomic E-state index is 10.9. The second-order valence-electron chi connectivity index (χ2n) is 2.98. The van der Waals surface area contributed by atoms with Gasteiger partial charge in [0.1, 0.15) is 26.3 Å². The smallest absolute Gasteiger partial charge is 0.155 e. The number of nitrogens with zero attached hydrogens (tertiary/aromatic N) is 2. The zero-order valence-electron chi connectivity index (χ0n) is 8.38. The number of halogens is 1. The minimum atomic E-state index is -3.01. The number of hydrogen-bond donors (Lipinski definition) is 0. The molecule has 0 aromatic carbocycles. The van der Waals surface area contributed by atoms with Gasteiger partial charge >= 0.3 is 0 Å². The highest BCUT2D eigenvalue weighted by atomic mass is 35.5. The minimum Gasteiger partial charge on any atom is -0.298 e. The zero-order valence-corrected chi connectivity index (χ0v) is 10.8. The number of thioether (sulfide) groups is 1. The van der Waals surface area contributed by atoms with Crippen LogP contribution in [0.2, 0.25) is 5.15 Å². The van der Waals surface area contributed by atoms with E-state index in [9.17, 15) is 13.2 Å². The molecule has 0 fully saturated rings. The molecule has 0 N–H and O–H groups in total. The summed E-state index contributed by atoms with van der Waals surface area (Å²) in [7, 11) is -3.01. The molecule has 0 spiro atoms. The first-order chi connectivity index (χ1) is 7.44. The fourth-order valence-electron chi connectivity index (χ4n) is 0.863. The average Bonchev–Trinajstić information content (AvgIpc) is 2.16. The van der Waals surface area contributed by atoms with Crippen molar-refractivity contribution in [1.29, 1.82) is 0 Å². The van der Waals surface area contributed by atoms with Crippen LogP contribution in [0.15, 0.2) is 11.4 Å². The monoisotopic (exact) mass is 280 g/mol. The Bertz CT molecular complexity index is 490. The molecule has 0 aliphatic rings. The Kier molecular flexibility index (Phi) is 4.69. The van der Waals surface area contributed by atoms with E-state index >= 15 is 0 Å². The van der Waals surface area contributed by atoms with Crippen LogP contribution in [-0.4, -0.2) is 42.4 Å². The van der Waals surface area contributed by atoms with Crippen LogP contribution in [0.25, 0.3) is 0 Å². The van der Waals surface area contributed by atoms with Gasteiger partial charge < -0.3 is 0 Å². The summed E-state index contributed by atoms with van der Waals surface area (Å²) in [6.07, 6.45) is 2.95. The molecule has 0 amide bonds. The normalized spacial score (nSPS) is 11.4. The molecule has 16 heavy (non-hydrogen) atoms. The van der Waals surface area contributed by atoms with Crippen molar-refractivity contribution in [2.75, 3.05) is 17.8 Å². The van der Waals surface area contributed by atoms with Crippen LogP contribution in [0.3, 0.4) is 0 Å². The maximum absolute atomic E-state index is 10.9. The first-order valence-corrected chi connectivity index (χ1v) is 7.62. The molecule has 1 aromatic rings. The number of carbonyl (C=O) groups is 1. The number of sulfone groups is 1. The molecule has 0 bridgehead atoms. The second-order valence-corrected chi connectivity index (χ2v) is 6.68. The van der Waals surface area contributed by atoms with Crippen molar-refractivity contribution >= 4 is 39.5 Å². The Balaban J connectivity index is 2.74. The molecule has 0 radical (unpaired) electrons. The molecule has 0 aliphatic carbocycles. The molecule has 1 rings (SSSR count). The van der Waals surface area contributed by atoms with E-state index in [-0.39, 0.29) is 16.5 Å². The van der Waals surface area contributed by atoms with Crippen LogP contribution in [0.4, 0.5) is 0 Å². The first kappa shape index (κ1) is 13.4. The van der Waals surface area contributed by atoms with Crippen LogP contribution < -0.4 is 0 Å². The molecule has 0 saturated heterocycles. The third kappa shape index (κ3) is 4.07. The molecule has 5 nitrogen and oxygen atoms in total. The van der Waals surface area contributed by atoms with Crippen molar-refractivity contribution in [3.63, 3.8) is 0 Å². The zero-order chi connectivity index (χ0) is 12.2. The summed E-state index contributed by atoms with van der Waals surface area (Å²) >= 11 is 6.85. The van der Waals surface area contributed by atoms with Gasteiger partial charge in [0.25, 0.3) is 0 Å². The van der Waals surface area contributed by atoms with Crippen LogP contribution in [-0.2, 0) is 9.84 Å². The van der Waals surface area contributed by atoms with E-state index in [2.05, 4.69) is 9.97 Å². The summed E-state index contributed by atoms with van der Waals surface area (Å²) in [5.74, 6) is 0.352. The van der Waals surface area contributed by atoms with Gasteiger partial charge in [-0.3, -0.25) is 4.79 Å². The summed E-state index contributed by atoms with van der Waals surface area (Å²) in [5, 5.41) is 0.477. The van der Waals surface area contributed by atoms with E-state index in [0.717, 1.165) is 6.26 Å². The van der Waals surface area contributed by atoms with Crippen molar-refractivity contribution in [2.24, 2.45) is 0 Å². The van der Waals surface area contributed by atoms with Crippen molar-refractivity contribution < 1.29 is 13.2 Å². The fraction of sp³-hybridized carbons (Fsp3) is 0.375. The highest BCUT2D eigenvalue weighted by Crippen LogP contribution is 2.22. The number of aldehydes is 1. The van der Waals surface area contributed by atoms with Gasteiger partial charge in [0.2, 0.25) is 0 Å².